The number of carbonyl (C=O) groups is 2. The summed E-state index contributed by atoms with van der Waals surface area (Å²) in [6.07, 6.45) is 4.90. The Morgan fingerprint density at radius 3 is 2.68 bits per heavy atom. The summed E-state index contributed by atoms with van der Waals surface area (Å²) in [6, 6.07) is 10.8. The number of carboxylic acid groups (broad SMARTS) is 1. The number of likely N-dealkylation sites (tertiary alicyclic amines) is 1. The van der Waals surface area contributed by atoms with Crippen molar-refractivity contribution < 1.29 is 14.7 Å². The SMILES string of the molecule is CC(=O)N1CCC[C@@H](Cc2ccnc(-c3ccc(C(=O)O)cc3)c2)C1. The van der Waals surface area contributed by atoms with E-state index in [0.29, 0.717) is 5.92 Å². The largest absolute Gasteiger partial charge is 0.478 e. The van der Waals surface area contributed by atoms with Gasteiger partial charge in [0.2, 0.25) is 5.91 Å². The number of hydrogen-bond acceptors (Lipinski definition) is 3. The molecule has 1 atom stereocenters. The minimum Gasteiger partial charge on any atom is -0.478 e. The average Bonchev–Trinajstić information content (AvgIpc) is 2.62. The van der Waals surface area contributed by atoms with Crippen molar-refractivity contribution in [3.63, 3.8) is 0 Å². The maximum absolute atomic E-state index is 11.6. The van der Waals surface area contributed by atoms with Gasteiger partial charge in [-0.2, -0.15) is 0 Å². The van der Waals surface area contributed by atoms with Gasteiger partial charge in [-0.3, -0.25) is 9.78 Å². The topological polar surface area (TPSA) is 70.5 Å². The van der Waals surface area contributed by atoms with Gasteiger partial charge in [-0.05, 0) is 55.0 Å². The molecule has 1 amide bonds. The zero-order chi connectivity index (χ0) is 17.8. The molecule has 3 rings (SSSR count). The molecule has 1 aliphatic heterocycles. The lowest BCUT2D eigenvalue weighted by Gasteiger charge is -2.32. The third kappa shape index (κ3) is 4.24. The zero-order valence-corrected chi connectivity index (χ0v) is 14.3. The highest BCUT2D eigenvalue weighted by atomic mass is 16.4. The predicted molar refractivity (Wildman–Crippen MR) is 95.3 cm³/mol. The van der Waals surface area contributed by atoms with Crippen molar-refractivity contribution in [2.75, 3.05) is 13.1 Å². The number of hydrogen-bond donors (Lipinski definition) is 1. The third-order valence-corrected chi connectivity index (χ3v) is 4.74. The van der Waals surface area contributed by atoms with Crippen molar-refractivity contribution in [3.8, 4) is 11.3 Å². The van der Waals surface area contributed by atoms with Crippen LogP contribution in [0.1, 0.15) is 35.7 Å². The van der Waals surface area contributed by atoms with Crippen LogP contribution >= 0.6 is 0 Å². The summed E-state index contributed by atoms with van der Waals surface area (Å²) in [7, 11) is 0. The first-order chi connectivity index (χ1) is 12.0. The smallest absolute Gasteiger partial charge is 0.335 e. The first-order valence-electron chi connectivity index (χ1n) is 8.57. The van der Waals surface area contributed by atoms with E-state index in [-0.39, 0.29) is 11.5 Å². The number of carboxylic acids is 1. The molecule has 2 aromatic rings. The normalized spacial score (nSPS) is 17.3. The molecule has 0 unspecified atom stereocenters. The fourth-order valence-corrected chi connectivity index (χ4v) is 3.39. The summed E-state index contributed by atoms with van der Waals surface area (Å²) in [4.78, 5) is 28.9. The lowest BCUT2D eigenvalue weighted by Crippen LogP contribution is -2.39. The maximum atomic E-state index is 11.6. The van der Waals surface area contributed by atoms with E-state index in [1.54, 1.807) is 37.4 Å². The minimum absolute atomic E-state index is 0.152. The summed E-state index contributed by atoms with van der Waals surface area (Å²) < 4.78 is 0. The molecule has 0 aliphatic carbocycles. The molecule has 0 saturated carbocycles. The van der Waals surface area contributed by atoms with Gasteiger partial charge in [0.25, 0.3) is 0 Å². The Morgan fingerprint density at radius 2 is 2.00 bits per heavy atom. The Morgan fingerprint density at radius 1 is 1.24 bits per heavy atom. The standard InChI is InChI=1S/C20H22N2O3/c1-14(23)22-10-2-3-16(13-22)11-15-8-9-21-19(12-15)17-4-6-18(7-5-17)20(24)25/h4-9,12,16H,2-3,10-11,13H2,1H3,(H,24,25)/t16-/m0/s1. The number of amides is 1. The first kappa shape index (κ1) is 17.1. The second-order valence-electron chi connectivity index (χ2n) is 6.61. The molecule has 1 N–H and O–H groups in total. The molecule has 1 saturated heterocycles. The number of pyridine rings is 1. The Hall–Kier alpha value is -2.69. The van der Waals surface area contributed by atoms with Gasteiger partial charge in [0.1, 0.15) is 0 Å². The summed E-state index contributed by atoms with van der Waals surface area (Å²) in [5, 5.41) is 8.99. The molecule has 0 radical (unpaired) electrons. The van der Waals surface area contributed by atoms with Crippen LogP contribution in [0.5, 0.6) is 0 Å². The lowest BCUT2D eigenvalue weighted by molar-refractivity contribution is -0.130. The van der Waals surface area contributed by atoms with E-state index in [0.717, 1.165) is 43.6 Å². The van der Waals surface area contributed by atoms with Crippen LogP contribution in [0.3, 0.4) is 0 Å². The van der Waals surface area contributed by atoms with Crippen LogP contribution in [-0.4, -0.2) is 40.0 Å². The first-order valence-corrected chi connectivity index (χ1v) is 8.57. The Kier molecular flexibility index (Phi) is 5.12. The second-order valence-corrected chi connectivity index (χ2v) is 6.61. The number of carbonyl (C=O) groups excluding carboxylic acids is 1. The van der Waals surface area contributed by atoms with Crippen LogP contribution in [0, 0.1) is 5.92 Å². The summed E-state index contributed by atoms with van der Waals surface area (Å²) in [5.74, 6) is -0.304. The Bertz CT molecular complexity index is 771. The highest BCUT2D eigenvalue weighted by Crippen LogP contribution is 2.24. The van der Waals surface area contributed by atoms with E-state index in [4.69, 9.17) is 5.11 Å². The second kappa shape index (κ2) is 7.47. The number of nitrogens with zero attached hydrogens (tertiary/aromatic N) is 2. The molecular formula is C20H22N2O3. The third-order valence-electron chi connectivity index (χ3n) is 4.74. The molecule has 130 valence electrons. The Labute approximate surface area is 147 Å². The Balaban J connectivity index is 1.73. The molecule has 5 nitrogen and oxygen atoms in total. The van der Waals surface area contributed by atoms with E-state index in [1.165, 1.54) is 5.56 Å². The van der Waals surface area contributed by atoms with Gasteiger partial charge in [-0.25, -0.2) is 4.79 Å². The van der Waals surface area contributed by atoms with Gasteiger partial charge in [-0.15, -0.1) is 0 Å². The summed E-state index contributed by atoms with van der Waals surface area (Å²) in [5.41, 5.74) is 3.21. The average molecular weight is 338 g/mol. The monoisotopic (exact) mass is 338 g/mol. The number of piperidine rings is 1. The van der Waals surface area contributed by atoms with E-state index < -0.39 is 5.97 Å². The molecule has 25 heavy (non-hydrogen) atoms. The molecule has 0 bridgehead atoms. The minimum atomic E-state index is -0.930. The summed E-state index contributed by atoms with van der Waals surface area (Å²) >= 11 is 0. The van der Waals surface area contributed by atoms with Gasteiger partial charge in [0, 0.05) is 31.8 Å². The number of rotatable bonds is 4. The van der Waals surface area contributed by atoms with E-state index in [2.05, 4.69) is 11.1 Å². The van der Waals surface area contributed by atoms with Crippen molar-refractivity contribution in [1.82, 2.24) is 9.88 Å². The van der Waals surface area contributed by atoms with Crippen molar-refractivity contribution in [2.45, 2.75) is 26.2 Å². The number of aromatic nitrogens is 1. The van der Waals surface area contributed by atoms with Gasteiger partial charge in [-0.1, -0.05) is 12.1 Å². The molecule has 1 aromatic carbocycles. The number of aromatic carboxylic acids is 1. The highest BCUT2D eigenvalue weighted by molar-refractivity contribution is 5.88. The van der Waals surface area contributed by atoms with Gasteiger partial charge in [0.05, 0.1) is 11.3 Å². The van der Waals surface area contributed by atoms with Crippen molar-refractivity contribution in [1.29, 1.82) is 0 Å². The zero-order valence-electron chi connectivity index (χ0n) is 14.3. The van der Waals surface area contributed by atoms with Crippen LogP contribution in [0.15, 0.2) is 42.6 Å². The lowest BCUT2D eigenvalue weighted by atomic mass is 9.91. The van der Waals surface area contributed by atoms with Crippen LogP contribution < -0.4 is 0 Å². The van der Waals surface area contributed by atoms with Crippen LogP contribution in [0.25, 0.3) is 11.3 Å². The fraction of sp³-hybridized carbons (Fsp3) is 0.350. The maximum Gasteiger partial charge on any atom is 0.335 e. The van der Waals surface area contributed by atoms with Crippen LogP contribution in [0.4, 0.5) is 0 Å². The van der Waals surface area contributed by atoms with Gasteiger partial charge >= 0.3 is 5.97 Å². The summed E-state index contributed by atoms with van der Waals surface area (Å²) in [6.45, 7) is 3.32. The molecule has 1 aliphatic rings. The van der Waals surface area contributed by atoms with Gasteiger partial charge in [0.15, 0.2) is 0 Å². The molecule has 2 heterocycles. The van der Waals surface area contributed by atoms with E-state index >= 15 is 0 Å². The molecule has 5 heteroatoms. The van der Waals surface area contributed by atoms with Gasteiger partial charge < -0.3 is 10.0 Å². The predicted octanol–water partition coefficient (Wildman–Crippen LogP) is 3.25. The van der Waals surface area contributed by atoms with E-state index in [9.17, 15) is 9.59 Å². The van der Waals surface area contributed by atoms with Crippen LogP contribution in [-0.2, 0) is 11.2 Å². The van der Waals surface area contributed by atoms with E-state index in [1.807, 2.05) is 11.0 Å². The van der Waals surface area contributed by atoms with Crippen LogP contribution in [0.2, 0.25) is 0 Å². The molecule has 0 spiro atoms. The molecule has 1 fully saturated rings. The molecule has 1 aromatic heterocycles. The van der Waals surface area contributed by atoms with Crippen molar-refractivity contribution in [2.24, 2.45) is 5.92 Å². The van der Waals surface area contributed by atoms with Crippen molar-refractivity contribution >= 4 is 11.9 Å². The number of benzene rings is 1. The molecular weight excluding hydrogens is 316 g/mol. The fourth-order valence-electron chi connectivity index (χ4n) is 3.39. The quantitative estimate of drug-likeness (QED) is 0.929. The highest BCUT2D eigenvalue weighted by Gasteiger charge is 2.21. The van der Waals surface area contributed by atoms with Crippen molar-refractivity contribution in [3.05, 3.63) is 53.7 Å².